The van der Waals surface area contributed by atoms with Crippen LogP contribution in [0.25, 0.3) is 0 Å². The molecule has 0 spiro atoms. The molecule has 0 aliphatic heterocycles. The van der Waals surface area contributed by atoms with Gasteiger partial charge in [-0.05, 0) is 30.1 Å². The Morgan fingerprint density at radius 1 is 1.35 bits per heavy atom. The lowest BCUT2D eigenvalue weighted by Crippen LogP contribution is -2.10. The van der Waals surface area contributed by atoms with Crippen LogP contribution >= 0.6 is 35.0 Å². The quantitative estimate of drug-likeness (QED) is 0.755. The van der Waals surface area contributed by atoms with E-state index in [1.54, 1.807) is 11.8 Å². The van der Waals surface area contributed by atoms with E-state index in [9.17, 15) is 13.2 Å². The predicted octanol–water partition coefficient (Wildman–Crippen LogP) is 3.61. The molecule has 1 aromatic carbocycles. The zero-order chi connectivity index (χ0) is 15.3. The molecule has 0 amide bonds. The molecule has 1 rings (SSSR count). The van der Waals surface area contributed by atoms with E-state index in [-0.39, 0.29) is 26.3 Å². The van der Waals surface area contributed by atoms with E-state index in [4.69, 9.17) is 28.3 Å². The summed E-state index contributed by atoms with van der Waals surface area (Å²) in [5, 5.41) is 8.73. The zero-order valence-electron chi connectivity index (χ0n) is 10.7. The molecule has 0 aliphatic rings. The fraction of sp³-hybridized carbons (Fsp3) is 0.417. The van der Waals surface area contributed by atoms with Gasteiger partial charge in [0, 0.05) is 5.02 Å². The third kappa shape index (κ3) is 4.55. The molecule has 0 atom stereocenters. The van der Waals surface area contributed by atoms with Crippen LogP contribution in [-0.4, -0.2) is 36.8 Å². The third-order valence-electron chi connectivity index (χ3n) is 2.48. The summed E-state index contributed by atoms with van der Waals surface area (Å²) in [4.78, 5) is 10.8. The van der Waals surface area contributed by atoms with Gasteiger partial charge >= 0.3 is 5.97 Å². The van der Waals surface area contributed by atoms with Crippen molar-refractivity contribution >= 4 is 50.8 Å². The Hall–Kier alpha value is -0.430. The predicted molar refractivity (Wildman–Crippen MR) is 83.1 cm³/mol. The van der Waals surface area contributed by atoms with Gasteiger partial charge in [-0.2, -0.15) is 11.8 Å². The Labute approximate surface area is 132 Å². The van der Waals surface area contributed by atoms with Gasteiger partial charge in [0.2, 0.25) is 0 Å². The first kappa shape index (κ1) is 17.6. The summed E-state index contributed by atoms with van der Waals surface area (Å²) >= 11 is 13.3. The maximum absolute atomic E-state index is 12.2. The number of carboxylic acids is 1. The second-order valence-corrected chi connectivity index (χ2v) is 8.23. The van der Waals surface area contributed by atoms with Crippen molar-refractivity contribution in [3.8, 4) is 0 Å². The lowest BCUT2D eigenvalue weighted by atomic mass is 10.2. The summed E-state index contributed by atoms with van der Waals surface area (Å²) in [5.41, 5.74) is -0.305. The minimum atomic E-state index is -3.64. The summed E-state index contributed by atoms with van der Waals surface area (Å²) in [6, 6.07) is 2.33. The monoisotopic (exact) mass is 356 g/mol. The smallest absolute Gasteiger partial charge is 0.337 e. The highest BCUT2D eigenvalue weighted by atomic mass is 35.5. The summed E-state index contributed by atoms with van der Waals surface area (Å²) in [6.45, 7) is 1.99. The van der Waals surface area contributed by atoms with Crippen molar-refractivity contribution in [1.29, 1.82) is 0 Å². The number of thioether (sulfide) groups is 1. The first-order chi connectivity index (χ1) is 9.29. The molecule has 0 aromatic heterocycles. The van der Waals surface area contributed by atoms with Crippen molar-refractivity contribution in [1.82, 2.24) is 0 Å². The molecule has 0 fully saturated rings. The Morgan fingerprint density at radius 3 is 2.55 bits per heavy atom. The van der Waals surface area contributed by atoms with Crippen LogP contribution in [0.4, 0.5) is 0 Å². The number of aromatic carboxylic acids is 1. The maximum atomic E-state index is 12.2. The van der Waals surface area contributed by atoms with E-state index in [0.717, 1.165) is 17.6 Å². The van der Waals surface area contributed by atoms with Gasteiger partial charge in [0.15, 0.2) is 9.84 Å². The van der Waals surface area contributed by atoms with E-state index in [2.05, 4.69) is 0 Å². The highest BCUT2D eigenvalue weighted by Gasteiger charge is 2.23. The fourth-order valence-electron chi connectivity index (χ4n) is 1.55. The summed E-state index contributed by atoms with van der Waals surface area (Å²) in [5.74, 6) is 0.246. The Balaban J connectivity index is 3.09. The van der Waals surface area contributed by atoms with Gasteiger partial charge in [-0.15, -0.1) is 0 Å². The average molecular weight is 357 g/mol. The van der Waals surface area contributed by atoms with Gasteiger partial charge in [0.1, 0.15) is 0 Å². The summed E-state index contributed by atoms with van der Waals surface area (Å²) in [7, 11) is -3.64. The third-order valence-corrected chi connectivity index (χ3v) is 6.02. The lowest BCUT2D eigenvalue weighted by Gasteiger charge is -2.09. The van der Waals surface area contributed by atoms with E-state index in [1.807, 2.05) is 6.92 Å². The van der Waals surface area contributed by atoms with Crippen molar-refractivity contribution < 1.29 is 18.3 Å². The summed E-state index contributed by atoms with van der Waals surface area (Å²) < 4.78 is 24.4. The van der Waals surface area contributed by atoms with Crippen LogP contribution in [0.3, 0.4) is 0 Å². The van der Waals surface area contributed by atoms with Crippen LogP contribution in [0, 0.1) is 0 Å². The molecule has 0 unspecified atom stereocenters. The topological polar surface area (TPSA) is 71.4 Å². The van der Waals surface area contributed by atoms with Crippen LogP contribution in [0.5, 0.6) is 0 Å². The standard InChI is InChI=1S/C12H14Cl2O4S2/c1-2-19-4-3-5-20(17,18)10-7-8(13)6-9(11(10)14)12(15)16/h6-7H,2-5H2,1H3,(H,15,16). The summed E-state index contributed by atoms with van der Waals surface area (Å²) in [6.07, 6.45) is 0.478. The molecule has 0 saturated carbocycles. The molecule has 20 heavy (non-hydrogen) atoms. The molecule has 0 saturated heterocycles. The number of hydrogen-bond acceptors (Lipinski definition) is 4. The lowest BCUT2D eigenvalue weighted by molar-refractivity contribution is 0.0697. The second kappa shape index (κ2) is 7.54. The number of carbonyl (C=O) groups is 1. The molecule has 1 aromatic rings. The van der Waals surface area contributed by atoms with Gasteiger partial charge in [-0.1, -0.05) is 30.1 Å². The number of halogens is 2. The van der Waals surface area contributed by atoms with Crippen LogP contribution in [0.1, 0.15) is 23.7 Å². The maximum Gasteiger partial charge on any atom is 0.337 e. The largest absolute Gasteiger partial charge is 0.478 e. The average Bonchev–Trinajstić information content (AvgIpc) is 2.36. The first-order valence-electron chi connectivity index (χ1n) is 5.82. The molecule has 112 valence electrons. The van der Waals surface area contributed by atoms with Gasteiger partial charge < -0.3 is 5.11 Å². The zero-order valence-corrected chi connectivity index (χ0v) is 13.9. The minimum Gasteiger partial charge on any atom is -0.478 e. The van der Waals surface area contributed by atoms with Crippen molar-refractivity contribution in [2.45, 2.75) is 18.2 Å². The molecular formula is C12H14Cl2O4S2. The molecular weight excluding hydrogens is 343 g/mol. The molecule has 0 heterocycles. The molecule has 0 bridgehead atoms. The van der Waals surface area contributed by atoms with Crippen LogP contribution in [-0.2, 0) is 9.84 Å². The number of benzene rings is 1. The Kier molecular flexibility index (Phi) is 6.64. The van der Waals surface area contributed by atoms with Crippen molar-refractivity contribution in [2.24, 2.45) is 0 Å². The van der Waals surface area contributed by atoms with Crippen LogP contribution in [0.2, 0.25) is 10.0 Å². The fourth-order valence-corrected chi connectivity index (χ4v) is 4.63. The molecule has 0 aliphatic carbocycles. The SMILES string of the molecule is CCSCCCS(=O)(=O)c1cc(Cl)cc(C(=O)O)c1Cl. The van der Waals surface area contributed by atoms with E-state index >= 15 is 0 Å². The van der Waals surface area contributed by atoms with Crippen molar-refractivity contribution in [3.05, 3.63) is 27.7 Å². The minimum absolute atomic E-state index is 0.0355. The van der Waals surface area contributed by atoms with E-state index < -0.39 is 15.8 Å². The highest BCUT2D eigenvalue weighted by molar-refractivity contribution is 7.99. The number of hydrogen-bond donors (Lipinski definition) is 1. The highest BCUT2D eigenvalue weighted by Crippen LogP contribution is 2.30. The van der Waals surface area contributed by atoms with Crippen LogP contribution < -0.4 is 0 Å². The van der Waals surface area contributed by atoms with Crippen LogP contribution in [0.15, 0.2) is 17.0 Å². The van der Waals surface area contributed by atoms with Crippen molar-refractivity contribution in [3.63, 3.8) is 0 Å². The number of carboxylic acid groups (broad SMARTS) is 1. The van der Waals surface area contributed by atoms with E-state index in [0.29, 0.717) is 6.42 Å². The molecule has 4 nitrogen and oxygen atoms in total. The van der Waals surface area contributed by atoms with Gasteiger partial charge in [-0.3, -0.25) is 0 Å². The Morgan fingerprint density at radius 2 is 2.00 bits per heavy atom. The molecule has 0 radical (unpaired) electrons. The Bertz CT molecular complexity index is 600. The van der Waals surface area contributed by atoms with Gasteiger partial charge in [0.25, 0.3) is 0 Å². The molecule has 1 N–H and O–H groups in total. The van der Waals surface area contributed by atoms with Crippen molar-refractivity contribution in [2.75, 3.05) is 17.3 Å². The van der Waals surface area contributed by atoms with Gasteiger partial charge in [0.05, 0.1) is 21.2 Å². The second-order valence-electron chi connectivity index (χ2n) is 3.94. The molecule has 8 heteroatoms. The first-order valence-corrected chi connectivity index (χ1v) is 9.38. The number of rotatable bonds is 7. The normalized spacial score (nSPS) is 11.6. The van der Waals surface area contributed by atoms with E-state index in [1.165, 1.54) is 6.07 Å². The number of sulfone groups is 1. The van der Waals surface area contributed by atoms with Gasteiger partial charge in [-0.25, -0.2) is 13.2 Å².